The average molecular weight is 388 g/mol. The monoisotopic (exact) mass is 387 g/mol. The van der Waals surface area contributed by atoms with Crippen LogP contribution in [-0.4, -0.2) is 53.4 Å². The molecular formula is C19H25N5O2S. The molecule has 0 spiro atoms. The van der Waals surface area contributed by atoms with Crippen molar-refractivity contribution in [1.82, 2.24) is 14.8 Å². The van der Waals surface area contributed by atoms with Crippen molar-refractivity contribution in [2.24, 2.45) is 5.92 Å². The molecule has 0 aliphatic carbocycles. The van der Waals surface area contributed by atoms with E-state index in [0.717, 1.165) is 49.7 Å². The van der Waals surface area contributed by atoms with Gasteiger partial charge in [0, 0.05) is 25.4 Å². The summed E-state index contributed by atoms with van der Waals surface area (Å²) in [4.78, 5) is 2.24. The second-order valence-corrected chi connectivity index (χ2v) is 7.79. The van der Waals surface area contributed by atoms with Crippen molar-refractivity contribution in [3.05, 3.63) is 29.8 Å². The number of benzene rings is 1. The van der Waals surface area contributed by atoms with Gasteiger partial charge in [0.1, 0.15) is 5.75 Å². The minimum atomic E-state index is 0.505. The number of hydrogen-bond donors (Lipinski definition) is 0. The molecule has 3 rings (SSSR count). The summed E-state index contributed by atoms with van der Waals surface area (Å²) in [7, 11) is 0. The predicted molar refractivity (Wildman–Crippen MR) is 105 cm³/mol. The van der Waals surface area contributed by atoms with E-state index in [9.17, 15) is 0 Å². The number of anilines is 1. The summed E-state index contributed by atoms with van der Waals surface area (Å²) in [5.41, 5.74) is 0.604. The van der Waals surface area contributed by atoms with Gasteiger partial charge in [-0.1, -0.05) is 31.7 Å². The van der Waals surface area contributed by atoms with Crippen molar-refractivity contribution >= 4 is 17.7 Å². The number of aromatic nitrogens is 3. The fraction of sp³-hybridized carbons (Fsp3) is 0.526. The van der Waals surface area contributed by atoms with E-state index in [0.29, 0.717) is 23.8 Å². The number of nitrogens with zero attached hydrogens (tertiary/aromatic N) is 5. The second kappa shape index (κ2) is 9.62. The second-order valence-electron chi connectivity index (χ2n) is 6.72. The Morgan fingerprint density at radius 3 is 2.85 bits per heavy atom. The van der Waals surface area contributed by atoms with Crippen molar-refractivity contribution in [3.8, 4) is 11.8 Å². The molecule has 2 heterocycles. The lowest BCUT2D eigenvalue weighted by Gasteiger charge is -2.28. The van der Waals surface area contributed by atoms with Crippen LogP contribution >= 0.6 is 11.8 Å². The Labute approximate surface area is 164 Å². The summed E-state index contributed by atoms with van der Waals surface area (Å²) < 4.78 is 13.4. The molecule has 0 saturated carbocycles. The number of ether oxygens (including phenoxy) is 2. The topological polar surface area (TPSA) is 76.2 Å². The van der Waals surface area contributed by atoms with Crippen LogP contribution in [0.15, 0.2) is 29.4 Å². The lowest BCUT2D eigenvalue weighted by Crippen LogP contribution is -2.38. The number of hydrogen-bond acceptors (Lipinski definition) is 7. The van der Waals surface area contributed by atoms with Gasteiger partial charge in [-0.05, 0) is 24.1 Å². The zero-order valence-electron chi connectivity index (χ0n) is 15.8. The zero-order chi connectivity index (χ0) is 19.1. The van der Waals surface area contributed by atoms with Gasteiger partial charge in [0.15, 0.2) is 5.16 Å². The van der Waals surface area contributed by atoms with Crippen molar-refractivity contribution in [3.63, 3.8) is 0 Å². The molecule has 144 valence electrons. The first-order valence-electron chi connectivity index (χ1n) is 9.19. The smallest absolute Gasteiger partial charge is 0.228 e. The molecule has 1 aliphatic rings. The minimum Gasteiger partial charge on any atom is -0.493 e. The minimum absolute atomic E-state index is 0.505. The van der Waals surface area contributed by atoms with Crippen LogP contribution in [-0.2, 0) is 11.3 Å². The largest absolute Gasteiger partial charge is 0.493 e. The highest BCUT2D eigenvalue weighted by atomic mass is 32.2. The molecule has 0 N–H and O–H groups in total. The maximum Gasteiger partial charge on any atom is 0.228 e. The Kier molecular flexibility index (Phi) is 6.96. The number of thioether (sulfide) groups is 1. The standard InChI is InChI=1S/C19H25N5O2S/c1-15(2)14-24-18(23-6-8-25-9-7-23)21-22-19(24)27-11-10-26-17-5-3-4-16(12-17)13-20/h3-5,12,15H,6-11,14H2,1-2H3. The van der Waals surface area contributed by atoms with Gasteiger partial charge in [-0.15, -0.1) is 10.2 Å². The number of nitriles is 1. The highest BCUT2D eigenvalue weighted by Gasteiger charge is 2.21. The van der Waals surface area contributed by atoms with Gasteiger partial charge in [-0.2, -0.15) is 5.26 Å². The zero-order valence-corrected chi connectivity index (χ0v) is 16.6. The third-order valence-corrected chi connectivity index (χ3v) is 5.02. The van der Waals surface area contributed by atoms with Crippen molar-refractivity contribution in [2.45, 2.75) is 25.5 Å². The van der Waals surface area contributed by atoms with E-state index >= 15 is 0 Å². The van der Waals surface area contributed by atoms with Gasteiger partial charge < -0.3 is 14.4 Å². The molecule has 0 radical (unpaired) electrons. The van der Waals surface area contributed by atoms with Gasteiger partial charge in [0.2, 0.25) is 5.95 Å². The van der Waals surface area contributed by atoms with Gasteiger partial charge in [0.25, 0.3) is 0 Å². The molecule has 27 heavy (non-hydrogen) atoms. The summed E-state index contributed by atoms with van der Waals surface area (Å²) in [6.07, 6.45) is 0. The third kappa shape index (κ3) is 5.37. The van der Waals surface area contributed by atoms with E-state index in [-0.39, 0.29) is 0 Å². The van der Waals surface area contributed by atoms with Gasteiger partial charge in [-0.25, -0.2) is 0 Å². The molecule has 0 bridgehead atoms. The van der Waals surface area contributed by atoms with E-state index < -0.39 is 0 Å². The predicted octanol–water partition coefficient (Wildman–Crippen LogP) is 2.81. The van der Waals surface area contributed by atoms with E-state index in [1.54, 1.807) is 23.9 Å². The normalized spacial score (nSPS) is 14.4. The van der Waals surface area contributed by atoms with Crippen LogP contribution < -0.4 is 9.64 Å². The summed E-state index contributed by atoms with van der Waals surface area (Å²) in [5, 5.41) is 18.7. The summed E-state index contributed by atoms with van der Waals surface area (Å²) in [5.74, 6) is 2.91. The molecule has 1 saturated heterocycles. The molecule has 2 aromatic rings. The summed E-state index contributed by atoms with van der Waals surface area (Å²) in [6, 6.07) is 9.33. The van der Waals surface area contributed by atoms with Crippen molar-refractivity contribution in [1.29, 1.82) is 5.26 Å². The fourth-order valence-corrected chi connectivity index (χ4v) is 3.62. The van der Waals surface area contributed by atoms with E-state index in [1.807, 2.05) is 12.1 Å². The summed E-state index contributed by atoms with van der Waals surface area (Å²) in [6.45, 7) is 8.97. The first-order valence-corrected chi connectivity index (χ1v) is 10.2. The molecule has 1 fully saturated rings. The maximum atomic E-state index is 8.96. The van der Waals surface area contributed by atoms with Crippen molar-refractivity contribution < 1.29 is 9.47 Å². The van der Waals surface area contributed by atoms with Crippen LogP contribution in [0.1, 0.15) is 19.4 Å². The molecule has 8 heteroatoms. The molecule has 0 amide bonds. The van der Waals surface area contributed by atoms with E-state index in [2.05, 4.69) is 39.6 Å². The highest BCUT2D eigenvalue weighted by Crippen LogP contribution is 2.24. The molecule has 7 nitrogen and oxygen atoms in total. The number of rotatable bonds is 8. The molecule has 1 aromatic carbocycles. The Morgan fingerprint density at radius 2 is 2.11 bits per heavy atom. The van der Waals surface area contributed by atoms with E-state index in [4.69, 9.17) is 14.7 Å². The first kappa shape index (κ1) is 19.5. The van der Waals surface area contributed by atoms with E-state index in [1.165, 1.54) is 0 Å². The molecule has 1 aromatic heterocycles. The lowest BCUT2D eigenvalue weighted by atomic mass is 10.2. The average Bonchev–Trinajstić information content (AvgIpc) is 3.08. The molecule has 0 unspecified atom stereocenters. The third-order valence-electron chi connectivity index (χ3n) is 4.09. The Bertz CT molecular complexity index is 781. The Balaban J connectivity index is 1.60. The summed E-state index contributed by atoms with van der Waals surface area (Å²) >= 11 is 1.64. The highest BCUT2D eigenvalue weighted by molar-refractivity contribution is 7.99. The fourth-order valence-electron chi connectivity index (χ4n) is 2.86. The van der Waals surface area contributed by atoms with Crippen molar-refractivity contribution in [2.75, 3.05) is 43.6 Å². The Hall–Kier alpha value is -2.24. The Morgan fingerprint density at radius 1 is 1.30 bits per heavy atom. The lowest BCUT2D eigenvalue weighted by molar-refractivity contribution is 0.121. The molecule has 0 atom stereocenters. The van der Waals surface area contributed by atoms with Crippen LogP contribution in [0.25, 0.3) is 0 Å². The SMILES string of the molecule is CC(C)Cn1c(SCCOc2cccc(C#N)c2)nnc1N1CCOCC1. The van der Waals surface area contributed by atoms with Gasteiger partial charge >= 0.3 is 0 Å². The van der Waals surface area contributed by atoms with Crippen LogP contribution in [0.5, 0.6) is 5.75 Å². The van der Waals surface area contributed by atoms with Gasteiger partial charge in [0.05, 0.1) is 31.5 Å². The van der Waals surface area contributed by atoms with Crippen LogP contribution in [0.2, 0.25) is 0 Å². The van der Waals surface area contributed by atoms with Crippen LogP contribution in [0, 0.1) is 17.2 Å². The van der Waals surface area contributed by atoms with Gasteiger partial charge in [-0.3, -0.25) is 4.57 Å². The maximum absolute atomic E-state index is 8.96. The number of morpholine rings is 1. The van der Waals surface area contributed by atoms with Crippen LogP contribution in [0.3, 0.4) is 0 Å². The first-order chi connectivity index (χ1) is 13.2. The quantitative estimate of drug-likeness (QED) is 0.509. The van der Waals surface area contributed by atoms with Crippen LogP contribution in [0.4, 0.5) is 5.95 Å². The molecule has 1 aliphatic heterocycles. The molecular weight excluding hydrogens is 362 g/mol.